The Morgan fingerprint density at radius 2 is 2.00 bits per heavy atom. The van der Waals surface area contributed by atoms with Gasteiger partial charge in [0.2, 0.25) is 5.91 Å². The van der Waals surface area contributed by atoms with Crippen molar-refractivity contribution in [2.45, 2.75) is 19.4 Å². The zero-order valence-corrected chi connectivity index (χ0v) is 12.0. The molecule has 0 radical (unpaired) electrons. The van der Waals surface area contributed by atoms with Crippen LogP contribution in [0.4, 0.5) is 5.69 Å². The van der Waals surface area contributed by atoms with Crippen molar-refractivity contribution >= 4 is 11.6 Å². The van der Waals surface area contributed by atoms with Crippen molar-refractivity contribution in [1.29, 1.82) is 0 Å². The van der Waals surface area contributed by atoms with Gasteiger partial charge in [0.15, 0.2) is 0 Å². The van der Waals surface area contributed by atoms with Crippen molar-refractivity contribution in [1.82, 2.24) is 0 Å². The number of hydrogen-bond acceptors (Lipinski definition) is 3. The maximum atomic E-state index is 11.9. The summed E-state index contributed by atoms with van der Waals surface area (Å²) in [7, 11) is 1.64. The quantitative estimate of drug-likeness (QED) is 0.857. The van der Waals surface area contributed by atoms with E-state index in [0.717, 1.165) is 16.8 Å². The first-order chi connectivity index (χ1) is 10.2. The normalized spacial score (nSPS) is 10.3. The van der Waals surface area contributed by atoms with Gasteiger partial charge in [-0.3, -0.25) is 4.79 Å². The van der Waals surface area contributed by atoms with Gasteiger partial charge in [0.1, 0.15) is 5.75 Å². The second kappa shape index (κ2) is 7.45. The van der Waals surface area contributed by atoms with E-state index in [2.05, 4.69) is 5.32 Å². The number of nitrogens with one attached hydrogen (secondary N) is 1. The molecule has 0 aromatic heterocycles. The second-order valence-electron chi connectivity index (χ2n) is 4.81. The lowest BCUT2D eigenvalue weighted by Crippen LogP contribution is -2.12. The zero-order valence-electron chi connectivity index (χ0n) is 12.0. The van der Waals surface area contributed by atoms with E-state index >= 15 is 0 Å². The maximum absolute atomic E-state index is 11.9. The van der Waals surface area contributed by atoms with Crippen LogP contribution in [0.25, 0.3) is 0 Å². The van der Waals surface area contributed by atoms with E-state index < -0.39 is 0 Å². The summed E-state index contributed by atoms with van der Waals surface area (Å²) in [5.41, 5.74) is 2.55. The highest BCUT2D eigenvalue weighted by Crippen LogP contribution is 2.18. The van der Waals surface area contributed by atoms with Crippen molar-refractivity contribution in [2.24, 2.45) is 0 Å². The minimum atomic E-state index is -0.0761. The summed E-state index contributed by atoms with van der Waals surface area (Å²) in [5.74, 6) is 0.153. The molecule has 2 rings (SSSR count). The average molecular weight is 285 g/mol. The lowest BCUT2D eigenvalue weighted by molar-refractivity contribution is -0.116. The molecule has 4 heteroatoms. The summed E-state index contributed by atoms with van der Waals surface area (Å²) in [6.45, 7) is 0.515. The number of carbonyl (C=O) groups excluding carboxylic acids is 1. The number of methoxy groups -OCH3 is 1. The number of ether oxygens (including phenoxy) is 1. The third-order valence-corrected chi connectivity index (χ3v) is 3.13. The van der Waals surface area contributed by atoms with Gasteiger partial charge in [-0.15, -0.1) is 0 Å². The molecule has 0 bridgehead atoms. The molecular weight excluding hydrogens is 266 g/mol. The molecule has 0 saturated heterocycles. The van der Waals surface area contributed by atoms with Gasteiger partial charge < -0.3 is 15.2 Å². The van der Waals surface area contributed by atoms with Crippen LogP contribution in [-0.4, -0.2) is 18.1 Å². The fourth-order valence-electron chi connectivity index (χ4n) is 2.10. The number of phenolic OH excluding ortho intramolecular Hbond substituents is 1. The van der Waals surface area contributed by atoms with Gasteiger partial charge in [0.25, 0.3) is 0 Å². The van der Waals surface area contributed by atoms with Crippen molar-refractivity contribution in [3.05, 3.63) is 59.7 Å². The summed E-state index contributed by atoms with van der Waals surface area (Å²) < 4.78 is 5.07. The number of phenols is 1. The van der Waals surface area contributed by atoms with Crippen LogP contribution in [0.2, 0.25) is 0 Å². The molecule has 4 nitrogen and oxygen atoms in total. The van der Waals surface area contributed by atoms with E-state index in [1.54, 1.807) is 19.2 Å². The van der Waals surface area contributed by atoms with Crippen LogP contribution in [-0.2, 0) is 22.6 Å². The summed E-state index contributed by atoms with van der Waals surface area (Å²) in [6.07, 6.45) is 0.836. The molecule has 1 amide bonds. The minimum absolute atomic E-state index is 0.0761. The van der Waals surface area contributed by atoms with E-state index in [9.17, 15) is 9.90 Å². The Morgan fingerprint density at radius 3 is 2.76 bits per heavy atom. The van der Waals surface area contributed by atoms with Gasteiger partial charge in [-0.1, -0.05) is 30.3 Å². The summed E-state index contributed by atoms with van der Waals surface area (Å²) >= 11 is 0. The van der Waals surface area contributed by atoms with E-state index in [4.69, 9.17) is 4.74 Å². The van der Waals surface area contributed by atoms with Crippen molar-refractivity contribution < 1.29 is 14.6 Å². The lowest BCUT2D eigenvalue weighted by Gasteiger charge is -2.08. The van der Waals surface area contributed by atoms with Crippen LogP contribution in [0.1, 0.15) is 17.5 Å². The van der Waals surface area contributed by atoms with Gasteiger partial charge >= 0.3 is 0 Å². The molecule has 0 fully saturated rings. The Kier molecular flexibility index (Phi) is 5.35. The number of benzene rings is 2. The van der Waals surface area contributed by atoms with Crippen LogP contribution in [0.3, 0.4) is 0 Å². The largest absolute Gasteiger partial charge is 0.508 e. The molecule has 110 valence electrons. The predicted molar refractivity (Wildman–Crippen MR) is 82.2 cm³/mol. The number of para-hydroxylation sites is 1. The number of carbonyl (C=O) groups is 1. The Hall–Kier alpha value is -2.33. The maximum Gasteiger partial charge on any atom is 0.224 e. The first-order valence-corrected chi connectivity index (χ1v) is 6.83. The van der Waals surface area contributed by atoms with Crippen LogP contribution < -0.4 is 5.32 Å². The zero-order chi connectivity index (χ0) is 15.1. The molecule has 0 unspecified atom stereocenters. The van der Waals surface area contributed by atoms with Gasteiger partial charge in [0.05, 0.1) is 6.61 Å². The second-order valence-corrected chi connectivity index (χ2v) is 4.81. The first-order valence-electron chi connectivity index (χ1n) is 6.83. The van der Waals surface area contributed by atoms with E-state index in [1.807, 2.05) is 36.4 Å². The third kappa shape index (κ3) is 4.61. The SMILES string of the molecule is COCc1cccc(NC(=O)CCc2ccccc2O)c1. The standard InChI is InChI=1S/C17H19NO3/c1-21-12-13-5-4-7-15(11-13)18-17(20)10-9-14-6-2-3-8-16(14)19/h2-8,11,19H,9-10,12H2,1H3,(H,18,20). The number of aromatic hydroxyl groups is 1. The first kappa shape index (κ1) is 15.1. The summed E-state index contributed by atoms with van der Waals surface area (Å²) in [6, 6.07) is 14.6. The Morgan fingerprint density at radius 1 is 1.19 bits per heavy atom. The highest BCUT2D eigenvalue weighted by atomic mass is 16.5. The smallest absolute Gasteiger partial charge is 0.224 e. The Labute approximate surface area is 124 Å². The van der Waals surface area contributed by atoms with Crippen LogP contribution in [0.15, 0.2) is 48.5 Å². The average Bonchev–Trinajstić information content (AvgIpc) is 2.47. The van der Waals surface area contributed by atoms with Gasteiger partial charge in [-0.25, -0.2) is 0 Å². The summed E-state index contributed by atoms with van der Waals surface area (Å²) in [4.78, 5) is 11.9. The molecule has 0 heterocycles. The number of amides is 1. The van der Waals surface area contributed by atoms with Gasteiger partial charge in [0, 0.05) is 19.2 Å². The van der Waals surface area contributed by atoms with Crippen LogP contribution >= 0.6 is 0 Å². The fourth-order valence-corrected chi connectivity index (χ4v) is 2.10. The monoisotopic (exact) mass is 285 g/mol. The Bertz CT molecular complexity index is 610. The van der Waals surface area contributed by atoms with E-state index in [0.29, 0.717) is 19.4 Å². The van der Waals surface area contributed by atoms with Crippen molar-refractivity contribution in [3.63, 3.8) is 0 Å². The molecule has 2 aromatic rings. The van der Waals surface area contributed by atoms with Gasteiger partial charge in [-0.05, 0) is 35.7 Å². The van der Waals surface area contributed by atoms with E-state index in [1.165, 1.54) is 0 Å². The van der Waals surface area contributed by atoms with E-state index in [-0.39, 0.29) is 11.7 Å². The van der Waals surface area contributed by atoms with Gasteiger partial charge in [-0.2, -0.15) is 0 Å². The molecule has 0 aliphatic heterocycles. The number of hydrogen-bond donors (Lipinski definition) is 2. The van der Waals surface area contributed by atoms with Crippen LogP contribution in [0.5, 0.6) is 5.75 Å². The molecule has 0 atom stereocenters. The molecule has 0 saturated carbocycles. The highest BCUT2D eigenvalue weighted by Gasteiger charge is 2.06. The minimum Gasteiger partial charge on any atom is -0.508 e. The highest BCUT2D eigenvalue weighted by molar-refractivity contribution is 5.90. The summed E-state index contributed by atoms with van der Waals surface area (Å²) in [5, 5.41) is 12.5. The number of aryl methyl sites for hydroxylation is 1. The Balaban J connectivity index is 1.90. The van der Waals surface area contributed by atoms with Crippen LogP contribution in [0, 0.1) is 0 Å². The molecule has 0 aliphatic rings. The molecule has 0 spiro atoms. The lowest BCUT2D eigenvalue weighted by atomic mass is 10.1. The topological polar surface area (TPSA) is 58.6 Å². The third-order valence-electron chi connectivity index (χ3n) is 3.13. The molecule has 0 aliphatic carbocycles. The number of rotatable bonds is 6. The fraction of sp³-hybridized carbons (Fsp3) is 0.235. The molecule has 2 N–H and O–H groups in total. The molecular formula is C17H19NO3. The predicted octanol–water partition coefficient (Wildman–Crippen LogP) is 3.11. The van der Waals surface area contributed by atoms with Crippen molar-refractivity contribution in [2.75, 3.05) is 12.4 Å². The van der Waals surface area contributed by atoms with Crippen molar-refractivity contribution in [3.8, 4) is 5.75 Å². The number of anilines is 1. The molecule has 2 aromatic carbocycles. The molecule has 21 heavy (non-hydrogen) atoms.